The number of hydrogen-bond donors (Lipinski definition) is 1. The van der Waals surface area contributed by atoms with E-state index in [1.54, 1.807) is 7.11 Å². The van der Waals surface area contributed by atoms with Crippen molar-refractivity contribution >= 4 is 0 Å². The van der Waals surface area contributed by atoms with E-state index in [0.717, 1.165) is 25.4 Å². The summed E-state index contributed by atoms with van der Waals surface area (Å²) in [5.74, 6) is 1.56. The molecule has 0 aromatic heterocycles. The van der Waals surface area contributed by atoms with Crippen molar-refractivity contribution in [2.45, 2.75) is 44.7 Å². The predicted molar refractivity (Wildman–Crippen MR) is 113 cm³/mol. The van der Waals surface area contributed by atoms with Crippen molar-refractivity contribution in [1.82, 2.24) is 10.2 Å². The molecule has 0 unspecified atom stereocenters. The molecule has 1 aliphatic heterocycles. The third kappa shape index (κ3) is 4.53. The van der Waals surface area contributed by atoms with Gasteiger partial charge in [0.1, 0.15) is 5.75 Å². The second kappa shape index (κ2) is 8.90. The monoisotopic (exact) mass is 366 g/mol. The fourth-order valence-electron chi connectivity index (χ4n) is 4.62. The molecule has 1 saturated heterocycles. The van der Waals surface area contributed by atoms with Crippen LogP contribution < -0.4 is 10.1 Å². The number of ether oxygens (including phenoxy) is 1. The Labute approximate surface area is 164 Å². The highest BCUT2D eigenvalue weighted by molar-refractivity contribution is 5.29. The van der Waals surface area contributed by atoms with Crippen LogP contribution in [0.4, 0.5) is 0 Å². The van der Waals surface area contributed by atoms with Crippen LogP contribution in [-0.4, -0.2) is 38.2 Å². The molecule has 3 heteroatoms. The molecule has 1 aliphatic rings. The quantitative estimate of drug-likeness (QED) is 0.732. The lowest BCUT2D eigenvalue weighted by molar-refractivity contribution is 0.0689. The van der Waals surface area contributed by atoms with Crippen molar-refractivity contribution in [1.29, 1.82) is 0 Å². The highest BCUT2D eigenvalue weighted by atomic mass is 16.5. The minimum Gasteiger partial charge on any atom is -0.497 e. The summed E-state index contributed by atoms with van der Waals surface area (Å²) in [6.07, 6.45) is 2.39. The van der Waals surface area contributed by atoms with Gasteiger partial charge in [-0.05, 0) is 62.5 Å². The van der Waals surface area contributed by atoms with Gasteiger partial charge in [0.2, 0.25) is 0 Å². The molecule has 0 amide bonds. The van der Waals surface area contributed by atoms with Crippen LogP contribution in [0.2, 0.25) is 0 Å². The number of rotatable bonds is 7. The summed E-state index contributed by atoms with van der Waals surface area (Å²) in [5.41, 5.74) is 3.05. The molecule has 0 saturated carbocycles. The summed E-state index contributed by atoms with van der Waals surface area (Å²) in [4.78, 5) is 2.51. The zero-order chi connectivity index (χ0) is 19.3. The van der Waals surface area contributed by atoms with Crippen LogP contribution in [-0.2, 0) is 12.0 Å². The highest BCUT2D eigenvalue weighted by Crippen LogP contribution is 2.44. The topological polar surface area (TPSA) is 24.5 Å². The van der Waals surface area contributed by atoms with E-state index in [1.807, 2.05) is 12.1 Å². The average molecular weight is 367 g/mol. The molecule has 0 spiro atoms. The van der Waals surface area contributed by atoms with Gasteiger partial charge >= 0.3 is 0 Å². The highest BCUT2D eigenvalue weighted by Gasteiger charge is 2.43. The number of benzene rings is 2. The van der Waals surface area contributed by atoms with E-state index < -0.39 is 0 Å². The van der Waals surface area contributed by atoms with Crippen molar-refractivity contribution in [3.8, 4) is 5.75 Å². The maximum atomic E-state index is 5.24. The lowest BCUT2D eigenvalue weighted by Gasteiger charge is -2.50. The molecule has 27 heavy (non-hydrogen) atoms. The molecule has 2 aromatic carbocycles. The smallest absolute Gasteiger partial charge is 0.118 e. The average Bonchev–Trinajstić information content (AvgIpc) is 2.70. The lowest BCUT2D eigenvalue weighted by Crippen LogP contribution is -2.52. The van der Waals surface area contributed by atoms with Gasteiger partial charge in [-0.3, -0.25) is 0 Å². The van der Waals surface area contributed by atoms with Gasteiger partial charge in [0, 0.05) is 24.5 Å². The number of nitrogens with one attached hydrogen (secondary N) is 1. The predicted octanol–water partition coefficient (Wildman–Crippen LogP) is 4.47. The van der Waals surface area contributed by atoms with Crippen LogP contribution in [0.15, 0.2) is 54.6 Å². The zero-order valence-electron chi connectivity index (χ0n) is 17.2. The second-order valence-corrected chi connectivity index (χ2v) is 8.19. The molecule has 1 heterocycles. The molecule has 3 nitrogen and oxygen atoms in total. The minimum absolute atomic E-state index is 0.250. The summed E-state index contributed by atoms with van der Waals surface area (Å²) in [7, 11) is 3.97. The van der Waals surface area contributed by atoms with Crippen LogP contribution in [0.5, 0.6) is 5.75 Å². The van der Waals surface area contributed by atoms with Gasteiger partial charge in [0.15, 0.2) is 0 Å². The zero-order valence-corrected chi connectivity index (χ0v) is 17.2. The fraction of sp³-hybridized carbons (Fsp3) is 0.500. The number of nitrogens with zero attached hydrogens (tertiary/aromatic N) is 1. The largest absolute Gasteiger partial charge is 0.497 e. The van der Waals surface area contributed by atoms with Crippen molar-refractivity contribution in [3.05, 3.63) is 65.7 Å². The van der Waals surface area contributed by atoms with Crippen LogP contribution >= 0.6 is 0 Å². The normalized spacial score (nSPS) is 26.1. The molecular weight excluding hydrogens is 332 g/mol. The molecule has 0 bridgehead atoms. The summed E-state index contributed by atoms with van der Waals surface area (Å²) < 4.78 is 5.24. The number of hydrogen-bond acceptors (Lipinski definition) is 3. The van der Waals surface area contributed by atoms with Gasteiger partial charge in [-0.25, -0.2) is 0 Å². The molecule has 1 fully saturated rings. The third-order valence-electron chi connectivity index (χ3n) is 6.50. The van der Waals surface area contributed by atoms with Crippen LogP contribution in [0, 0.1) is 5.92 Å². The Kier molecular flexibility index (Phi) is 6.56. The molecule has 1 N–H and O–H groups in total. The lowest BCUT2D eigenvalue weighted by atomic mass is 9.63. The molecule has 3 rings (SSSR count). The first kappa shape index (κ1) is 19.9. The third-order valence-corrected chi connectivity index (χ3v) is 6.50. The Morgan fingerprint density at radius 2 is 1.78 bits per heavy atom. The Balaban J connectivity index is 1.67. The standard InChI is InChI=1S/C24H34N2O/c1-19-18-26(3)20(2)16-24(19,22-8-6-5-7-9-22)14-15-25-17-21-10-12-23(27-4)13-11-21/h5-13,19-20,25H,14-18H2,1-4H3/t19-,20+,24-/m0/s1. The fourth-order valence-corrected chi connectivity index (χ4v) is 4.62. The molecule has 0 aliphatic carbocycles. The Morgan fingerprint density at radius 1 is 1.07 bits per heavy atom. The van der Waals surface area contributed by atoms with Crippen molar-refractivity contribution < 1.29 is 4.74 Å². The maximum Gasteiger partial charge on any atom is 0.118 e. The Morgan fingerprint density at radius 3 is 2.44 bits per heavy atom. The second-order valence-electron chi connectivity index (χ2n) is 8.19. The van der Waals surface area contributed by atoms with E-state index in [0.29, 0.717) is 12.0 Å². The van der Waals surface area contributed by atoms with Crippen molar-refractivity contribution in [2.24, 2.45) is 5.92 Å². The van der Waals surface area contributed by atoms with Gasteiger partial charge in [-0.2, -0.15) is 0 Å². The van der Waals surface area contributed by atoms with E-state index in [-0.39, 0.29) is 5.41 Å². The first-order chi connectivity index (χ1) is 13.0. The van der Waals surface area contributed by atoms with Crippen LogP contribution in [0.25, 0.3) is 0 Å². The summed E-state index contributed by atoms with van der Waals surface area (Å²) in [5, 5.41) is 3.67. The number of piperidine rings is 1. The molecule has 2 aromatic rings. The van der Waals surface area contributed by atoms with Crippen LogP contribution in [0.1, 0.15) is 37.8 Å². The summed E-state index contributed by atoms with van der Waals surface area (Å²) >= 11 is 0. The summed E-state index contributed by atoms with van der Waals surface area (Å²) in [6.45, 7) is 7.89. The van der Waals surface area contributed by atoms with Crippen LogP contribution in [0.3, 0.4) is 0 Å². The van der Waals surface area contributed by atoms with Crippen molar-refractivity contribution in [3.63, 3.8) is 0 Å². The number of likely N-dealkylation sites (tertiary alicyclic amines) is 1. The van der Waals surface area contributed by atoms with Gasteiger partial charge in [-0.1, -0.05) is 49.4 Å². The van der Waals surface area contributed by atoms with Gasteiger partial charge in [0.25, 0.3) is 0 Å². The van der Waals surface area contributed by atoms with E-state index in [4.69, 9.17) is 4.74 Å². The van der Waals surface area contributed by atoms with E-state index in [2.05, 4.69) is 73.6 Å². The first-order valence-corrected chi connectivity index (χ1v) is 10.1. The Hall–Kier alpha value is -1.84. The summed E-state index contributed by atoms with van der Waals surface area (Å²) in [6, 6.07) is 20.1. The van der Waals surface area contributed by atoms with E-state index >= 15 is 0 Å². The molecule has 146 valence electrons. The van der Waals surface area contributed by atoms with Crippen molar-refractivity contribution in [2.75, 3.05) is 27.2 Å². The molecular formula is C24H34N2O. The molecule has 0 radical (unpaired) electrons. The molecule has 3 atom stereocenters. The maximum absolute atomic E-state index is 5.24. The Bertz CT molecular complexity index is 700. The minimum atomic E-state index is 0.250. The van der Waals surface area contributed by atoms with E-state index in [9.17, 15) is 0 Å². The van der Waals surface area contributed by atoms with Gasteiger partial charge < -0.3 is 15.0 Å². The SMILES string of the molecule is COc1ccc(CNCC[C@]2(c3ccccc3)C[C@@H](C)N(C)C[C@@H]2C)cc1. The van der Waals surface area contributed by atoms with E-state index in [1.165, 1.54) is 24.0 Å². The first-order valence-electron chi connectivity index (χ1n) is 10.1. The number of methoxy groups -OCH3 is 1. The van der Waals surface area contributed by atoms with Gasteiger partial charge in [0.05, 0.1) is 7.11 Å². The van der Waals surface area contributed by atoms with Gasteiger partial charge in [-0.15, -0.1) is 0 Å².